The molecule has 0 spiro atoms. The molecule has 2 N–H and O–H groups in total. The first kappa shape index (κ1) is 8.50. The first-order chi connectivity index (χ1) is 6.77. The van der Waals surface area contributed by atoms with E-state index >= 15 is 0 Å². The van der Waals surface area contributed by atoms with E-state index in [-0.39, 0.29) is 5.91 Å². The molecule has 1 aromatic carbocycles. The molecule has 0 aliphatic heterocycles. The summed E-state index contributed by atoms with van der Waals surface area (Å²) < 4.78 is 1.27. The number of rotatable bonds is 1. The molecule has 0 saturated heterocycles. The number of nitrogen functional groups attached to an aromatic ring is 1. The Kier molecular flexibility index (Phi) is 2.02. The maximum Gasteiger partial charge on any atom is 0.278 e. The summed E-state index contributed by atoms with van der Waals surface area (Å²) in [6, 6.07) is 8.51. The van der Waals surface area contributed by atoms with Crippen LogP contribution in [0.5, 0.6) is 0 Å². The average molecular weight is 187 g/mol. The predicted octanol–water partition coefficient (Wildman–Crippen LogP) is 1.15. The van der Waals surface area contributed by atoms with Crippen molar-refractivity contribution in [2.45, 2.75) is 0 Å². The minimum atomic E-state index is -0.178. The third-order valence-electron chi connectivity index (χ3n) is 1.85. The SMILES string of the molecule is Nc1cccc(C(=O)n2cccn2)c1. The number of carbonyl (C=O) groups is 1. The van der Waals surface area contributed by atoms with E-state index in [1.165, 1.54) is 4.68 Å². The zero-order valence-corrected chi connectivity index (χ0v) is 7.42. The minimum Gasteiger partial charge on any atom is -0.399 e. The van der Waals surface area contributed by atoms with Crippen LogP contribution in [-0.4, -0.2) is 15.7 Å². The van der Waals surface area contributed by atoms with Crippen LogP contribution in [0.2, 0.25) is 0 Å². The van der Waals surface area contributed by atoms with Crippen LogP contribution < -0.4 is 5.73 Å². The van der Waals surface area contributed by atoms with Gasteiger partial charge in [0.25, 0.3) is 5.91 Å². The first-order valence-corrected chi connectivity index (χ1v) is 4.17. The summed E-state index contributed by atoms with van der Waals surface area (Å²) in [5.74, 6) is -0.178. The van der Waals surface area contributed by atoms with E-state index in [0.717, 1.165) is 0 Å². The van der Waals surface area contributed by atoms with E-state index in [0.29, 0.717) is 11.3 Å². The van der Waals surface area contributed by atoms with Crippen LogP contribution >= 0.6 is 0 Å². The van der Waals surface area contributed by atoms with Crippen molar-refractivity contribution < 1.29 is 4.79 Å². The molecule has 14 heavy (non-hydrogen) atoms. The van der Waals surface area contributed by atoms with Crippen LogP contribution in [-0.2, 0) is 0 Å². The van der Waals surface area contributed by atoms with Crippen molar-refractivity contribution in [2.24, 2.45) is 0 Å². The van der Waals surface area contributed by atoms with Gasteiger partial charge >= 0.3 is 0 Å². The summed E-state index contributed by atoms with van der Waals surface area (Å²) in [5.41, 5.74) is 6.68. The van der Waals surface area contributed by atoms with Crippen LogP contribution in [0.15, 0.2) is 42.7 Å². The number of hydrogen-bond donors (Lipinski definition) is 1. The summed E-state index contributed by atoms with van der Waals surface area (Å²) in [5, 5.41) is 3.85. The molecule has 2 rings (SSSR count). The van der Waals surface area contributed by atoms with E-state index in [1.54, 1.807) is 42.7 Å². The highest BCUT2D eigenvalue weighted by Crippen LogP contribution is 2.07. The Morgan fingerprint density at radius 1 is 1.36 bits per heavy atom. The van der Waals surface area contributed by atoms with E-state index in [9.17, 15) is 4.79 Å². The fourth-order valence-corrected chi connectivity index (χ4v) is 1.19. The first-order valence-electron chi connectivity index (χ1n) is 4.17. The Morgan fingerprint density at radius 3 is 2.86 bits per heavy atom. The Hall–Kier alpha value is -2.10. The fraction of sp³-hybridized carbons (Fsp3) is 0. The highest BCUT2D eigenvalue weighted by atomic mass is 16.2. The number of nitrogens with zero attached hydrogens (tertiary/aromatic N) is 2. The molecule has 1 aromatic heterocycles. The number of aromatic nitrogens is 2. The van der Waals surface area contributed by atoms with Crippen LogP contribution in [0.1, 0.15) is 10.4 Å². The summed E-state index contributed by atoms with van der Waals surface area (Å²) >= 11 is 0. The number of nitrogens with two attached hydrogens (primary N) is 1. The predicted molar refractivity (Wildman–Crippen MR) is 52.8 cm³/mol. The lowest BCUT2D eigenvalue weighted by atomic mass is 10.2. The maximum atomic E-state index is 11.7. The van der Waals surface area contributed by atoms with Crippen molar-refractivity contribution in [3.05, 3.63) is 48.3 Å². The van der Waals surface area contributed by atoms with E-state index in [1.807, 2.05) is 0 Å². The third kappa shape index (κ3) is 1.50. The van der Waals surface area contributed by atoms with Gasteiger partial charge in [-0.1, -0.05) is 6.07 Å². The third-order valence-corrected chi connectivity index (χ3v) is 1.85. The van der Waals surface area contributed by atoms with Crippen molar-refractivity contribution in [1.82, 2.24) is 9.78 Å². The molecular formula is C10H9N3O. The zero-order chi connectivity index (χ0) is 9.97. The molecule has 4 nitrogen and oxygen atoms in total. The average Bonchev–Trinajstić information content (AvgIpc) is 2.69. The number of carbonyl (C=O) groups excluding carboxylic acids is 1. The molecule has 0 fully saturated rings. The van der Waals surface area contributed by atoms with Gasteiger partial charge in [-0.05, 0) is 24.3 Å². The molecule has 4 heteroatoms. The molecule has 0 saturated carbocycles. The Labute approximate surface area is 81.0 Å². The largest absolute Gasteiger partial charge is 0.399 e. The smallest absolute Gasteiger partial charge is 0.278 e. The van der Waals surface area contributed by atoms with Gasteiger partial charge in [-0.3, -0.25) is 4.79 Å². The van der Waals surface area contributed by atoms with Gasteiger partial charge in [0.15, 0.2) is 0 Å². The lowest BCUT2D eigenvalue weighted by Gasteiger charge is -2.00. The van der Waals surface area contributed by atoms with Gasteiger partial charge in [0, 0.05) is 23.6 Å². The second kappa shape index (κ2) is 3.33. The van der Waals surface area contributed by atoms with Gasteiger partial charge in [-0.25, -0.2) is 4.68 Å². The second-order valence-corrected chi connectivity index (χ2v) is 2.88. The van der Waals surface area contributed by atoms with Crippen molar-refractivity contribution in [3.63, 3.8) is 0 Å². The molecule has 0 aliphatic rings. The number of anilines is 1. The molecule has 0 atom stereocenters. The van der Waals surface area contributed by atoms with Gasteiger partial charge in [0.1, 0.15) is 0 Å². The van der Waals surface area contributed by atoms with E-state index in [4.69, 9.17) is 5.73 Å². The van der Waals surface area contributed by atoms with Crippen molar-refractivity contribution in [3.8, 4) is 0 Å². The molecule has 70 valence electrons. The summed E-state index contributed by atoms with van der Waals surface area (Å²) in [6.45, 7) is 0. The van der Waals surface area contributed by atoms with Gasteiger partial charge in [-0.15, -0.1) is 0 Å². The van der Waals surface area contributed by atoms with Crippen LogP contribution in [0, 0.1) is 0 Å². The van der Waals surface area contributed by atoms with Crippen molar-refractivity contribution in [1.29, 1.82) is 0 Å². The number of hydrogen-bond acceptors (Lipinski definition) is 3. The molecule has 0 amide bonds. The Morgan fingerprint density at radius 2 is 2.21 bits per heavy atom. The van der Waals surface area contributed by atoms with Crippen molar-refractivity contribution >= 4 is 11.6 Å². The second-order valence-electron chi connectivity index (χ2n) is 2.88. The van der Waals surface area contributed by atoms with Crippen molar-refractivity contribution in [2.75, 3.05) is 5.73 Å². The molecule has 0 unspecified atom stereocenters. The van der Waals surface area contributed by atoms with Gasteiger partial charge in [-0.2, -0.15) is 5.10 Å². The normalized spacial score (nSPS) is 10.0. The van der Waals surface area contributed by atoms with Gasteiger partial charge in [0.05, 0.1) is 0 Å². The standard InChI is InChI=1S/C10H9N3O/c11-9-4-1-3-8(7-9)10(14)13-6-2-5-12-13/h1-7H,11H2. The number of benzene rings is 1. The van der Waals surface area contributed by atoms with Crippen LogP contribution in [0.25, 0.3) is 0 Å². The lowest BCUT2D eigenvalue weighted by molar-refractivity contribution is 0.0945. The molecule has 2 aromatic rings. The monoisotopic (exact) mass is 187 g/mol. The Balaban J connectivity index is 2.37. The van der Waals surface area contributed by atoms with E-state index in [2.05, 4.69) is 5.10 Å². The molecule has 0 aliphatic carbocycles. The highest BCUT2D eigenvalue weighted by molar-refractivity contribution is 5.95. The lowest BCUT2D eigenvalue weighted by Crippen LogP contribution is -2.12. The summed E-state index contributed by atoms with van der Waals surface area (Å²) in [7, 11) is 0. The highest BCUT2D eigenvalue weighted by Gasteiger charge is 2.07. The topological polar surface area (TPSA) is 60.9 Å². The quantitative estimate of drug-likeness (QED) is 0.681. The van der Waals surface area contributed by atoms with Gasteiger partial charge < -0.3 is 5.73 Å². The molecule has 0 radical (unpaired) electrons. The van der Waals surface area contributed by atoms with Crippen LogP contribution in [0.3, 0.4) is 0 Å². The molecule has 0 bridgehead atoms. The van der Waals surface area contributed by atoms with Crippen LogP contribution in [0.4, 0.5) is 5.69 Å². The zero-order valence-electron chi connectivity index (χ0n) is 7.42. The summed E-state index contributed by atoms with van der Waals surface area (Å²) in [4.78, 5) is 11.7. The van der Waals surface area contributed by atoms with E-state index < -0.39 is 0 Å². The molecule has 1 heterocycles. The summed E-state index contributed by atoms with van der Waals surface area (Å²) in [6.07, 6.45) is 3.16. The molecular weight excluding hydrogens is 178 g/mol. The Bertz CT molecular complexity index is 448. The van der Waals surface area contributed by atoms with Gasteiger partial charge in [0.2, 0.25) is 0 Å². The maximum absolute atomic E-state index is 11.7. The minimum absolute atomic E-state index is 0.178. The fourth-order valence-electron chi connectivity index (χ4n) is 1.19.